The highest BCUT2D eigenvalue weighted by molar-refractivity contribution is 7.19. The van der Waals surface area contributed by atoms with E-state index < -0.39 is 11.5 Å². The number of amides is 2. The molecule has 0 unspecified atom stereocenters. The molecule has 2 aromatic heterocycles. The van der Waals surface area contributed by atoms with Crippen molar-refractivity contribution >= 4 is 39.1 Å². The van der Waals surface area contributed by atoms with Crippen molar-refractivity contribution in [2.24, 2.45) is 0 Å². The number of anilines is 1. The summed E-state index contributed by atoms with van der Waals surface area (Å²) in [5.74, 6) is -0.589. The van der Waals surface area contributed by atoms with Gasteiger partial charge >= 0.3 is 0 Å². The molecule has 0 fully saturated rings. The third-order valence-electron chi connectivity index (χ3n) is 4.12. The van der Waals surface area contributed by atoms with Crippen LogP contribution in [-0.2, 0) is 11.3 Å². The summed E-state index contributed by atoms with van der Waals surface area (Å²) in [7, 11) is 0. The number of benzene rings is 1. The predicted molar refractivity (Wildman–Crippen MR) is 101 cm³/mol. The number of nitriles is 2. The van der Waals surface area contributed by atoms with E-state index >= 15 is 0 Å². The van der Waals surface area contributed by atoms with Crippen LogP contribution in [0.2, 0.25) is 0 Å². The highest BCUT2D eigenvalue weighted by atomic mass is 32.1. The van der Waals surface area contributed by atoms with Crippen molar-refractivity contribution in [2.75, 3.05) is 11.9 Å². The average Bonchev–Trinajstić information content (AvgIpc) is 3.09. The van der Waals surface area contributed by atoms with Gasteiger partial charge in [-0.05, 0) is 17.7 Å². The molecule has 1 aromatic carbocycles. The Bertz CT molecular complexity index is 1330. The summed E-state index contributed by atoms with van der Waals surface area (Å²) < 4.78 is 5.28. The first kappa shape index (κ1) is 18.2. The molecule has 0 bridgehead atoms. The third-order valence-corrected chi connectivity index (χ3v) is 5.11. The summed E-state index contributed by atoms with van der Waals surface area (Å²) in [4.78, 5) is 42.8. The van der Waals surface area contributed by atoms with Gasteiger partial charge in [0.05, 0.1) is 16.6 Å². The zero-order chi connectivity index (χ0) is 20.5. The Morgan fingerprint density at radius 1 is 1.31 bits per heavy atom. The number of carbonyl (C=O) groups excluding carboxylic acids is 2. The lowest BCUT2D eigenvalue weighted by Gasteiger charge is -2.18. The van der Waals surface area contributed by atoms with Crippen molar-refractivity contribution in [1.82, 2.24) is 15.3 Å². The van der Waals surface area contributed by atoms with E-state index in [-0.39, 0.29) is 45.5 Å². The minimum absolute atomic E-state index is 0.00368. The van der Waals surface area contributed by atoms with E-state index in [9.17, 15) is 14.4 Å². The lowest BCUT2D eigenvalue weighted by atomic mass is 10.1. The van der Waals surface area contributed by atoms with Gasteiger partial charge in [-0.25, -0.2) is 4.98 Å². The number of carbonyl (C=O) groups is 2. The Labute approximate surface area is 166 Å². The lowest BCUT2D eigenvalue weighted by Crippen LogP contribution is -2.28. The molecule has 3 heterocycles. The van der Waals surface area contributed by atoms with Gasteiger partial charge in [-0.2, -0.15) is 10.5 Å². The number of thiophene rings is 1. The molecule has 142 valence electrons. The second-order valence-corrected chi connectivity index (χ2v) is 6.97. The first-order valence-electron chi connectivity index (χ1n) is 8.21. The molecular weight excluding hydrogens is 396 g/mol. The molecule has 3 aromatic rings. The number of ether oxygens (including phenoxy) is 1. The van der Waals surface area contributed by atoms with Crippen LogP contribution in [0.4, 0.5) is 5.69 Å². The summed E-state index contributed by atoms with van der Waals surface area (Å²) in [5.41, 5.74) is 0.489. The van der Waals surface area contributed by atoms with Crippen LogP contribution in [0.3, 0.4) is 0 Å². The largest absolute Gasteiger partial charge is 0.482 e. The van der Waals surface area contributed by atoms with Crippen molar-refractivity contribution < 1.29 is 14.3 Å². The fourth-order valence-corrected chi connectivity index (χ4v) is 3.73. The molecule has 1 aliphatic rings. The molecule has 0 saturated heterocycles. The fraction of sp³-hybridized carbons (Fsp3) is 0.111. The Balaban J connectivity index is 1.56. The molecular formula is C18H10N6O4S. The molecule has 0 radical (unpaired) electrons. The molecule has 0 aliphatic carbocycles. The minimum Gasteiger partial charge on any atom is -0.482 e. The van der Waals surface area contributed by atoms with Crippen LogP contribution in [-0.4, -0.2) is 28.4 Å². The van der Waals surface area contributed by atoms with E-state index in [1.54, 1.807) is 18.2 Å². The van der Waals surface area contributed by atoms with Gasteiger partial charge in [-0.15, -0.1) is 11.3 Å². The molecule has 11 heteroatoms. The standard InChI is InChI=1S/C18H10N6O4S/c19-4-9-12(5-20)29-18-14(9)16(26)23-15(24-18)17(27)21-6-8-1-2-11-10(3-8)22-13(25)7-28-11/h1-3H,6-7H2,(H,21,27)(H,22,25)(H,23,24,26). The Kier molecular flexibility index (Phi) is 4.43. The van der Waals surface area contributed by atoms with E-state index in [2.05, 4.69) is 20.6 Å². The first-order chi connectivity index (χ1) is 14.0. The van der Waals surface area contributed by atoms with Gasteiger partial charge in [0.2, 0.25) is 5.82 Å². The number of aromatic amines is 1. The number of rotatable bonds is 3. The summed E-state index contributed by atoms with van der Waals surface area (Å²) in [5, 5.41) is 23.5. The maximum atomic E-state index is 12.4. The SMILES string of the molecule is N#Cc1sc2nc(C(=O)NCc3ccc4c(c3)NC(=O)CO4)[nH]c(=O)c2c1C#N. The van der Waals surface area contributed by atoms with Crippen LogP contribution in [0.25, 0.3) is 10.2 Å². The van der Waals surface area contributed by atoms with Crippen molar-refractivity contribution in [1.29, 1.82) is 10.5 Å². The smallest absolute Gasteiger partial charge is 0.287 e. The van der Waals surface area contributed by atoms with Gasteiger partial charge in [0.1, 0.15) is 27.6 Å². The van der Waals surface area contributed by atoms with E-state index in [1.165, 1.54) is 0 Å². The van der Waals surface area contributed by atoms with Gasteiger partial charge in [0.15, 0.2) is 6.61 Å². The van der Waals surface area contributed by atoms with Crippen LogP contribution < -0.4 is 20.9 Å². The molecule has 1 aliphatic heterocycles. The topological polar surface area (TPSA) is 161 Å². The maximum absolute atomic E-state index is 12.4. The number of H-pyrrole nitrogens is 1. The van der Waals surface area contributed by atoms with E-state index in [1.807, 2.05) is 12.1 Å². The van der Waals surface area contributed by atoms with Gasteiger partial charge in [0.25, 0.3) is 17.4 Å². The molecule has 0 spiro atoms. The van der Waals surface area contributed by atoms with Crippen molar-refractivity contribution in [3.63, 3.8) is 0 Å². The molecule has 29 heavy (non-hydrogen) atoms. The highest BCUT2D eigenvalue weighted by Gasteiger charge is 2.20. The van der Waals surface area contributed by atoms with Crippen LogP contribution >= 0.6 is 11.3 Å². The number of nitrogens with one attached hydrogen (secondary N) is 3. The molecule has 0 atom stereocenters. The molecule has 10 nitrogen and oxygen atoms in total. The molecule has 3 N–H and O–H groups in total. The number of hydrogen-bond donors (Lipinski definition) is 3. The van der Waals surface area contributed by atoms with Gasteiger partial charge in [0, 0.05) is 6.54 Å². The second kappa shape index (κ2) is 7.07. The van der Waals surface area contributed by atoms with E-state index in [0.29, 0.717) is 17.0 Å². The van der Waals surface area contributed by atoms with Gasteiger partial charge in [-0.1, -0.05) is 6.07 Å². The number of nitrogens with zero attached hydrogens (tertiary/aromatic N) is 3. The lowest BCUT2D eigenvalue weighted by molar-refractivity contribution is -0.118. The maximum Gasteiger partial charge on any atom is 0.287 e. The first-order valence-corrected chi connectivity index (χ1v) is 9.02. The van der Waals surface area contributed by atoms with Crippen LogP contribution in [0.5, 0.6) is 5.75 Å². The highest BCUT2D eigenvalue weighted by Crippen LogP contribution is 2.28. The summed E-state index contributed by atoms with van der Waals surface area (Å²) in [6.45, 7) is 0.0649. The third kappa shape index (κ3) is 3.26. The summed E-state index contributed by atoms with van der Waals surface area (Å²) in [6, 6.07) is 8.75. The van der Waals surface area contributed by atoms with Crippen LogP contribution in [0.1, 0.15) is 26.6 Å². The van der Waals surface area contributed by atoms with Crippen LogP contribution in [0, 0.1) is 22.7 Å². The summed E-state index contributed by atoms with van der Waals surface area (Å²) in [6.07, 6.45) is 0. The summed E-state index contributed by atoms with van der Waals surface area (Å²) >= 11 is 0.876. The fourth-order valence-electron chi connectivity index (χ4n) is 2.81. The van der Waals surface area contributed by atoms with Crippen molar-refractivity contribution in [3.05, 3.63) is 50.4 Å². The normalized spacial score (nSPS) is 12.3. The van der Waals surface area contributed by atoms with Gasteiger partial charge < -0.3 is 20.4 Å². The minimum atomic E-state index is -0.664. The van der Waals surface area contributed by atoms with Gasteiger partial charge in [-0.3, -0.25) is 14.4 Å². The zero-order valence-corrected chi connectivity index (χ0v) is 15.3. The number of hydrogen-bond acceptors (Lipinski definition) is 8. The Morgan fingerprint density at radius 2 is 2.14 bits per heavy atom. The van der Waals surface area contributed by atoms with E-state index in [0.717, 1.165) is 11.3 Å². The predicted octanol–water partition coefficient (Wildman–Crippen LogP) is 0.989. The Morgan fingerprint density at radius 3 is 2.90 bits per heavy atom. The van der Waals surface area contributed by atoms with E-state index in [4.69, 9.17) is 15.3 Å². The average molecular weight is 406 g/mol. The van der Waals surface area contributed by atoms with Crippen molar-refractivity contribution in [3.8, 4) is 17.9 Å². The zero-order valence-electron chi connectivity index (χ0n) is 14.5. The number of fused-ring (bicyclic) bond motifs is 2. The van der Waals surface area contributed by atoms with Crippen LogP contribution in [0.15, 0.2) is 23.0 Å². The molecule has 0 saturated carbocycles. The van der Waals surface area contributed by atoms with Crippen molar-refractivity contribution in [2.45, 2.75) is 6.54 Å². The Hall–Kier alpha value is -4.22. The second-order valence-electron chi connectivity index (χ2n) is 5.97. The molecule has 2 amide bonds. The monoisotopic (exact) mass is 406 g/mol. The quantitative estimate of drug-likeness (QED) is 0.584. The number of aromatic nitrogens is 2. The molecule has 4 rings (SSSR count).